The Morgan fingerprint density at radius 1 is 1.22 bits per heavy atom. The highest BCUT2D eigenvalue weighted by molar-refractivity contribution is 7.98. The minimum Gasteiger partial charge on any atom is -0.357 e. The van der Waals surface area contributed by atoms with Gasteiger partial charge in [0.2, 0.25) is 0 Å². The highest BCUT2D eigenvalue weighted by atomic mass is 32.2. The average molecular weight is 387 g/mol. The predicted octanol–water partition coefficient (Wildman–Crippen LogP) is 3.29. The molecule has 0 saturated heterocycles. The molecule has 0 amide bonds. The van der Waals surface area contributed by atoms with Crippen LogP contribution >= 0.6 is 11.8 Å². The molecule has 0 aliphatic carbocycles. The number of aliphatic imine (C=N–C) groups is 1. The molecule has 6 nitrogen and oxygen atoms in total. The van der Waals surface area contributed by atoms with Crippen LogP contribution in [0.1, 0.15) is 49.0 Å². The summed E-state index contributed by atoms with van der Waals surface area (Å²) in [6.45, 7) is 7.35. The quantitative estimate of drug-likeness (QED) is 0.453. The minimum atomic E-state index is 0.641. The normalized spacial score (nSPS) is 14.6. The van der Waals surface area contributed by atoms with Crippen molar-refractivity contribution in [2.24, 2.45) is 4.99 Å². The van der Waals surface area contributed by atoms with Crippen molar-refractivity contribution in [3.8, 4) is 0 Å². The summed E-state index contributed by atoms with van der Waals surface area (Å²) in [5.41, 5.74) is 2.53. The molecule has 0 fully saturated rings. The van der Waals surface area contributed by atoms with E-state index in [-0.39, 0.29) is 0 Å². The van der Waals surface area contributed by atoms with E-state index in [1.165, 1.54) is 35.3 Å². The van der Waals surface area contributed by atoms with Gasteiger partial charge in [-0.15, -0.1) is 22.0 Å². The predicted molar refractivity (Wildman–Crippen MR) is 112 cm³/mol. The van der Waals surface area contributed by atoms with Crippen molar-refractivity contribution < 1.29 is 0 Å². The molecular formula is C20H30N6S. The lowest BCUT2D eigenvalue weighted by atomic mass is 10.1. The first-order chi connectivity index (χ1) is 13.2. The van der Waals surface area contributed by atoms with Crippen molar-refractivity contribution in [3.05, 3.63) is 41.0 Å². The first-order valence-electron chi connectivity index (χ1n) is 9.78. The number of hydrogen-bond acceptors (Lipinski definition) is 4. The van der Waals surface area contributed by atoms with E-state index in [0.29, 0.717) is 13.1 Å². The molecule has 7 heteroatoms. The summed E-state index contributed by atoms with van der Waals surface area (Å²) in [7, 11) is 0. The Labute approximate surface area is 166 Å². The lowest BCUT2D eigenvalue weighted by Gasteiger charge is -2.13. The zero-order valence-corrected chi connectivity index (χ0v) is 17.4. The van der Waals surface area contributed by atoms with E-state index >= 15 is 0 Å². The molecule has 0 bridgehead atoms. The molecular weight excluding hydrogens is 356 g/mol. The Balaban J connectivity index is 1.67. The molecule has 1 aliphatic heterocycles. The molecule has 0 saturated carbocycles. The fourth-order valence-corrected chi connectivity index (χ4v) is 4.03. The Kier molecular flexibility index (Phi) is 7.15. The van der Waals surface area contributed by atoms with Gasteiger partial charge in [0.25, 0.3) is 0 Å². The van der Waals surface area contributed by atoms with E-state index < -0.39 is 0 Å². The fraction of sp³-hybridized carbons (Fsp3) is 0.550. The third kappa shape index (κ3) is 5.25. The Morgan fingerprint density at radius 3 is 2.93 bits per heavy atom. The molecule has 0 unspecified atom stereocenters. The first-order valence-corrected chi connectivity index (χ1v) is 11.0. The summed E-state index contributed by atoms with van der Waals surface area (Å²) in [6.07, 6.45) is 6.84. The molecule has 0 radical (unpaired) electrons. The number of rotatable bonds is 6. The van der Waals surface area contributed by atoms with E-state index in [4.69, 9.17) is 4.99 Å². The highest BCUT2D eigenvalue weighted by Crippen LogP contribution is 2.22. The summed E-state index contributed by atoms with van der Waals surface area (Å²) in [6, 6.07) is 6.55. The van der Waals surface area contributed by atoms with Gasteiger partial charge in [0.15, 0.2) is 11.8 Å². The molecule has 1 aliphatic rings. The second kappa shape index (κ2) is 9.78. The van der Waals surface area contributed by atoms with Gasteiger partial charge in [-0.25, -0.2) is 4.99 Å². The SMILES string of the molecule is CCNC(=NCc1ccc(C)cc1SC)NCc1nnc2n1CCCCC2. The number of nitrogens with zero attached hydrogens (tertiary/aromatic N) is 4. The van der Waals surface area contributed by atoms with Gasteiger partial charge >= 0.3 is 0 Å². The van der Waals surface area contributed by atoms with E-state index in [0.717, 1.165) is 37.1 Å². The smallest absolute Gasteiger partial charge is 0.191 e. The van der Waals surface area contributed by atoms with Crippen molar-refractivity contribution in [2.45, 2.75) is 64.1 Å². The second-order valence-corrected chi connectivity index (χ2v) is 7.71. The second-order valence-electron chi connectivity index (χ2n) is 6.86. The number of fused-ring (bicyclic) bond motifs is 1. The molecule has 0 atom stereocenters. The maximum atomic E-state index is 4.78. The molecule has 2 aromatic rings. The third-order valence-corrected chi connectivity index (χ3v) is 5.61. The van der Waals surface area contributed by atoms with Gasteiger partial charge in [0.05, 0.1) is 13.1 Å². The zero-order chi connectivity index (χ0) is 19.1. The van der Waals surface area contributed by atoms with Crippen LogP contribution in [0.4, 0.5) is 0 Å². The first kappa shape index (κ1) is 19.7. The maximum Gasteiger partial charge on any atom is 0.191 e. The van der Waals surface area contributed by atoms with Gasteiger partial charge in [-0.3, -0.25) is 0 Å². The van der Waals surface area contributed by atoms with Gasteiger partial charge in [-0.1, -0.05) is 18.6 Å². The van der Waals surface area contributed by atoms with Crippen LogP contribution in [-0.4, -0.2) is 33.5 Å². The summed E-state index contributed by atoms with van der Waals surface area (Å²) >= 11 is 1.77. The molecule has 2 heterocycles. The lowest BCUT2D eigenvalue weighted by molar-refractivity contribution is 0.596. The van der Waals surface area contributed by atoms with Gasteiger partial charge in [0, 0.05) is 24.4 Å². The maximum absolute atomic E-state index is 4.78. The van der Waals surface area contributed by atoms with Crippen molar-refractivity contribution in [1.29, 1.82) is 0 Å². The van der Waals surface area contributed by atoms with Crippen molar-refractivity contribution >= 4 is 17.7 Å². The monoisotopic (exact) mass is 386 g/mol. The van der Waals surface area contributed by atoms with Gasteiger partial charge in [0.1, 0.15) is 5.82 Å². The van der Waals surface area contributed by atoms with Crippen LogP contribution in [0.3, 0.4) is 0 Å². The van der Waals surface area contributed by atoms with Crippen LogP contribution in [-0.2, 0) is 26.1 Å². The highest BCUT2D eigenvalue weighted by Gasteiger charge is 2.14. The number of aromatic nitrogens is 3. The van der Waals surface area contributed by atoms with Crippen LogP contribution in [0.25, 0.3) is 0 Å². The van der Waals surface area contributed by atoms with E-state index in [2.05, 4.69) is 63.7 Å². The van der Waals surface area contributed by atoms with E-state index in [9.17, 15) is 0 Å². The molecule has 146 valence electrons. The van der Waals surface area contributed by atoms with Crippen molar-refractivity contribution in [3.63, 3.8) is 0 Å². The zero-order valence-electron chi connectivity index (χ0n) is 16.6. The van der Waals surface area contributed by atoms with Crippen molar-refractivity contribution in [2.75, 3.05) is 12.8 Å². The number of aryl methyl sites for hydroxylation is 2. The van der Waals surface area contributed by atoms with Gasteiger partial charge < -0.3 is 15.2 Å². The molecule has 1 aromatic carbocycles. The van der Waals surface area contributed by atoms with Crippen LogP contribution in [0, 0.1) is 6.92 Å². The third-order valence-electron chi connectivity index (χ3n) is 4.79. The summed E-state index contributed by atoms with van der Waals surface area (Å²) in [5.74, 6) is 2.93. The summed E-state index contributed by atoms with van der Waals surface area (Å²) in [5, 5.41) is 15.5. The number of thioether (sulfide) groups is 1. The largest absolute Gasteiger partial charge is 0.357 e. The topological polar surface area (TPSA) is 67.1 Å². The standard InChI is InChI=1S/C20H30N6S/c1-4-21-20(22-13-16-10-9-15(2)12-17(16)27-3)23-14-19-25-24-18-8-6-5-7-11-26(18)19/h9-10,12H,4-8,11,13-14H2,1-3H3,(H2,21,22,23). The van der Waals surface area contributed by atoms with E-state index in [1.54, 1.807) is 11.8 Å². The number of hydrogen-bond donors (Lipinski definition) is 2. The fourth-order valence-electron chi connectivity index (χ4n) is 3.33. The van der Waals surface area contributed by atoms with Crippen LogP contribution in [0.15, 0.2) is 28.1 Å². The molecule has 0 spiro atoms. The number of nitrogens with one attached hydrogen (secondary N) is 2. The molecule has 2 N–H and O–H groups in total. The van der Waals surface area contributed by atoms with Crippen LogP contribution < -0.4 is 10.6 Å². The number of guanidine groups is 1. The Morgan fingerprint density at radius 2 is 2.11 bits per heavy atom. The van der Waals surface area contributed by atoms with Gasteiger partial charge in [-0.2, -0.15) is 0 Å². The van der Waals surface area contributed by atoms with Crippen LogP contribution in [0.2, 0.25) is 0 Å². The Bertz CT molecular complexity index is 783. The molecule has 27 heavy (non-hydrogen) atoms. The van der Waals surface area contributed by atoms with Gasteiger partial charge in [-0.05, 0) is 50.1 Å². The number of benzene rings is 1. The Hall–Kier alpha value is -2.02. The molecule has 1 aromatic heterocycles. The summed E-state index contributed by atoms with van der Waals surface area (Å²) < 4.78 is 2.27. The molecule has 3 rings (SSSR count). The van der Waals surface area contributed by atoms with E-state index in [1.807, 2.05) is 0 Å². The average Bonchev–Trinajstić information content (AvgIpc) is 2.90. The van der Waals surface area contributed by atoms with Crippen molar-refractivity contribution in [1.82, 2.24) is 25.4 Å². The van der Waals surface area contributed by atoms with Crippen LogP contribution in [0.5, 0.6) is 0 Å². The summed E-state index contributed by atoms with van der Waals surface area (Å²) in [4.78, 5) is 6.06. The lowest BCUT2D eigenvalue weighted by Crippen LogP contribution is -2.37. The minimum absolute atomic E-state index is 0.641.